The van der Waals surface area contributed by atoms with Crippen molar-refractivity contribution in [3.8, 4) is 0 Å². The molecule has 2 heterocycles. The first-order chi connectivity index (χ1) is 8.69. The van der Waals surface area contributed by atoms with E-state index in [2.05, 4.69) is 36.7 Å². The molecule has 1 N–H and O–H groups in total. The van der Waals surface area contributed by atoms with Crippen molar-refractivity contribution in [1.29, 1.82) is 0 Å². The second kappa shape index (κ2) is 4.02. The molecule has 1 aromatic carbocycles. The van der Waals surface area contributed by atoms with Gasteiger partial charge in [0.15, 0.2) is 0 Å². The lowest BCUT2D eigenvalue weighted by atomic mass is 10.0. The Balaban J connectivity index is 2.08. The summed E-state index contributed by atoms with van der Waals surface area (Å²) < 4.78 is 0. The lowest BCUT2D eigenvalue weighted by Crippen LogP contribution is -2.34. The number of carbonyl (C=O) groups excluding carboxylic acids is 1. The molecule has 1 amide bonds. The Morgan fingerprint density at radius 1 is 1.50 bits per heavy atom. The Kier molecular flexibility index (Phi) is 2.47. The Labute approximate surface area is 106 Å². The van der Waals surface area contributed by atoms with Gasteiger partial charge in [0, 0.05) is 41.7 Å². The standard InChI is InChI=1S/C15H16N2O/c1-3-15(18)17-7-6-14-12(9-17)11-8-10(2)4-5-13(11)16-14/h3-5,8,16H,1,6-7,9H2,2H3. The quantitative estimate of drug-likeness (QED) is 0.764. The normalized spacial score (nSPS) is 14.6. The number of H-pyrrole nitrogens is 1. The van der Waals surface area contributed by atoms with E-state index in [0.717, 1.165) is 13.0 Å². The molecule has 0 spiro atoms. The van der Waals surface area contributed by atoms with E-state index in [4.69, 9.17) is 0 Å². The number of aromatic nitrogens is 1. The smallest absolute Gasteiger partial charge is 0.246 e. The first-order valence-electron chi connectivity index (χ1n) is 6.20. The van der Waals surface area contributed by atoms with Gasteiger partial charge < -0.3 is 9.88 Å². The monoisotopic (exact) mass is 240 g/mol. The van der Waals surface area contributed by atoms with E-state index >= 15 is 0 Å². The van der Waals surface area contributed by atoms with Crippen LogP contribution in [-0.2, 0) is 17.8 Å². The van der Waals surface area contributed by atoms with Crippen molar-refractivity contribution in [2.45, 2.75) is 19.9 Å². The number of nitrogens with zero attached hydrogens (tertiary/aromatic N) is 1. The summed E-state index contributed by atoms with van der Waals surface area (Å²) in [7, 11) is 0. The third kappa shape index (κ3) is 1.63. The second-order valence-corrected chi connectivity index (χ2v) is 4.85. The highest BCUT2D eigenvalue weighted by atomic mass is 16.2. The van der Waals surface area contributed by atoms with Gasteiger partial charge in [-0.2, -0.15) is 0 Å². The van der Waals surface area contributed by atoms with E-state index < -0.39 is 0 Å². The van der Waals surface area contributed by atoms with Gasteiger partial charge in [0.2, 0.25) is 5.91 Å². The number of hydrogen-bond acceptors (Lipinski definition) is 1. The van der Waals surface area contributed by atoms with Crippen LogP contribution in [0.15, 0.2) is 30.9 Å². The highest BCUT2D eigenvalue weighted by molar-refractivity contribution is 5.89. The van der Waals surface area contributed by atoms with Crippen LogP contribution >= 0.6 is 0 Å². The third-order valence-electron chi connectivity index (χ3n) is 3.62. The zero-order valence-corrected chi connectivity index (χ0v) is 10.5. The highest BCUT2D eigenvalue weighted by Crippen LogP contribution is 2.28. The molecule has 1 aliphatic rings. The van der Waals surface area contributed by atoms with E-state index in [1.807, 2.05) is 4.90 Å². The van der Waals surface area contributed by atoms with Crippen LogP contribution < -0.4 is 0 Å². The fourth-order valence-electron chi connectivity index (χ4n) is 2.65. The zero-order valence-electron chi connectivity index (χ0n) is 10.5. The molecule has 0 radical (unpaired) electrons. The van der Waals surface area contributed by atoms with E-state index in [0.29, 0.717) is 6.54 Å². The number of benzene rings is 1. The molecular formula is C15H16N2O. The van der Waals surface area contributed by atoms with Crippen molar-refractivity contribution in [3.05, 3.63) is 47.7 Å². The highest BCUT2D eigenvalue weighted by Gasteiger charge is 2.22. The van der Waals surface area contributed by atoms with Crippen LogP contribution in [0.25, 0.3) is 10.9 Å². The summed E-state index contributed by atoms with van der Waals surface area (Å²) in [4.78, 5) is 17.0. The first-order valence-corrected chi connectivity index (χ1v) is 6.20. The zero-order chi connectivity index (χ0) is 12.7. The van der Waals surface area contributed by atoms with Crippen LogP contribution in [0.5, 0.6) is 0 Å². The number of aryl methyl sites for hydroxylation is 1. The Morgan fingerprint density at radius 3 is 3.11 bits per heavy atom. The summed E-state index contributed by atoms with van der Waals surface area (Å²) in [5, 5.41) is 1.24. The van der Waals surface area contributed by atoms with E-state index in [9.17, 15) is 4.79 Å². The van der Waals surface area contributed by atoms with E-state index in [1.165, 1.54) is 33.8 Å². The number of aromatic amines is 1. The number of hydrogen-bond donors (Lipinski definition) is 1. The lowest BCUT2D eigenvalue weighted by Gasteiger charge is -2.26. The molecule has 3 heteroatoms. The van der Waals surface area contributed by atoms with Gasteiger partial charge in [0.05, 0.1) is 0 Å². The van der Waals surface area contributed by atoms with E-state index in [1.54, 1.807) is 0 Å². The molecule has 0 atom stereocenters. The van der Waals surface area contributed by atoms with Crippen molar-refractivity contribution in [3.63, 3.8) is 0 Å². The molecule has 0 aliphatic carbocycles. The van der Waals surface area contributed by atoms with Crippen molar-refractivity contribution in [1.82, 2.24) is 9.88 Å². The summed E-state index contributed by atoms with van der Waals surface area (Å²) in [6.45, 7) is 7.10. The maximum absolute atomic E-state index is 11.7. The largest absolute Gasteiger partial charge is 0.358 e. The summed E-state index contributed by atoms with van der Waals surface area (Å²) in [5.74, 6) is 0.0163. The lowest BCUT2D eigenvalue weighted by molar-refractivity contribution is -0.126. The van der Waals surface area contributed by atoms with Gasteiger partial charge in [-0.15, -0.1) is 0 Å². The van der Waals surface area contributed by atoms with Gasteiger partial charge in [0.1, 0.15) is 0 Å². The number of fused-ring (bicyclic) bond motifs is 3. The van der Waals surface area contributed by atoms with Crippen LogP contribution in [0.2, 0.25) is 0 Å². The predicted molar refractivity (Wildman–Crippen MR) is 72.4 cm³/mol. The van der Waals surface area contributed by atoms with Gasteiger partial charge in [-0.25, -0.2) is 0 Å². The predicted octanol–water partition coefficient (Wildman–Crippen LogP) is 2.55. The molecule has 3 nitrogen and oxygen atoms in total. The topological polar surface area (TPSA) is 36.1 Å². The minimum absolute atomic E-state index is 0.0163. The molecule has 0 unspecified atom stereocenters. The van der Waals surface area contributed by atoms with Crippen molar-refractivity contribution in [2.24, 2.45) is 0 Å². The Bertz CT molecular complexity index is 639. The summed E-state index contributed by atoms with van der Waals surface area (Å²) in [6.07, 6.45) is 2.29. The molecule has 3 rings (SSSR count). The molecule has 92 valence electrons. The third-order valence-corrected chi connectivity index (χ3v) is 3.62. The van der Waals surface area contributed by atoms with Crippen LogP contribution in [0.3, 0.4) is 0 Å². The van der Waals surface area contributed by atoms with Gasteiger partial charge in [-0.3, -0.25) is 4.79 Å². The molecule has 1 aliphatic heterocycles. The van der Waals surface area contributed by atoms with Gasteiger partial charge in [0.25, 0.3) is 0 Å². The summed E-state index contributed by atoms with van der Waals surface area (Å²) in [6, 6.07) is 6.41. The van der Waals surface area contributed by atoms with Gasteiger partial charge in [-0.1, -0.05) is 18.2 Å². The minimum Gasteiger partial charge on any atom is -0.358 e. The van der Waals surface area contributed by atoms with Crippen molar-refractivity contribution >= 4 is 16.8 Å². The number of amides is 1. The molecule has 0 bridgehead atoms. The Morgan fingerprint density at radius 2 is 2.33 bits per heavy atom. The average molecular weight is 240 g/mol. The van der Waals surface area contributed by atoms with Crippen LogP contribution in [0.4, 0.5) is 0 Å². The number of rotatable bonds is 1. The molecule has 0 saturated carbocycles. The number of carbonyl (C=O) groups is 1. The van der Waals surface area contributed by atoms with E-state index in [-0.39, 0.29) is 5.91 Å². The summed E-state index contributed by atoms with van der Waals surface area (Å²) >= 11 is 0. The van der Waals surface area contributed by atoms with Gasteiger partial charge >= 0.3 is 0 Å². The fraction of sp³-hybridized carbons (Fsp3) is 0.267. The van der Waals surface area contributed by atoms with Crippen LogP contribution in [-0.4, -0.2) is 22.3 Å². The second-order valence-electron chi connectivity index (χ2n) is 4.85. The minimum atomic E-state index is 0.0163. The molecule has 2 aromatic rings. The van der Waals surface area contributed by atoms with Crippen LogP contribution in [0, 0.1) is 6.92 Å². The fourth-order valence-corrected chi connectivity index (χ4v) is 2.65. The van der Waals surface area contributed by atoms with Crippen molar-refractivity contribution in [2.75, 3.05) is 6.54 Å². The van der Waals surface area contributed by atoms with Crippen LogP contribution in [0.1, 0.15) is 16.8 Å². The molecule has 18 heavy (non-hydrogen) atoms. The average Bonchev–Trinajstić information content (AvgIpc) is 2.75. The Hall–Kier alpha value is -2.03. The number of nitrogens with one attached hydrogen (secondary N) is 1. The molecule has 1 aromatic heterocycles. The molecule has 0 saturated heterocycles. The summed E-state index contributed by atoms with van der Waals surface area (Å²) in [5.41, 5.74) is 4.94. The maximum Gasteiger partial charge on any atom is 0.246 e. The van der Waals surface area contributed by atoms with Crippen molar-refractivity contribution < 1.29 is 4.79 Å². The maximum atomic E-state index is 11.7. The van der Waals surface area contributed by atoms with Gasteiger partial charge in [-0.05, 0) is 25.1 Å². The SMILES string of the molecule is C=CC(=O)N1CCc2[nH]c3ccc(C)cc3c2C1. The molecule has 0 fully saturated rings. The molecular weight excluding hydrogens is 224 g/mol. The first kappa shape index (κ1) is 11.1.